The lowest BCUT2D eigenvalue weighted by molar-refractivity contribution is 0.0581. The zero-order valence-electron chi connectivity index (χ0n) is 12.6. The second-order valence-electron chi connectivity index (χ2n) is 4.55. The normalized spacial score (nSPS) is 10.1. The first-order valence-corrected chi connectivity index (χ1v) is 8.01. The predicted octanol–water partition coefficient (Wildman–Crippen LogP) is 3.03. The number of methoxy groups -OCH3 is 2. The maximum Gasteiger partial charge on any atom is 0.357 e. The Labute approximate surface area is 154 Å². The first kappa shape index (κ1) is 18.0. The number of benzene rings is 1. The predicted molar refractivity (Wildman–Crippen MR) is 93.0 cm³/mol. The molecule has 1 aromatic heterocycles. The summed E-state index contributed by atoms with van der Waals surface area (Å²) < 4.78 is 12.0. The van der Waals surface area contributed by atoms with Crippen LogP contribution in [0, 0.1) is 11.3 Å². The summed E-state index contributed by atoms with van der Waals surface area (Å²) in [6.45, 7) is 0. The maximum absolute atomic E-state index is 12.1. The Hall–Kier alpha value is -2.31. The van der Waals surface area contributed by atoms with Crippen molar-refractivity contribution in [2.75, 3.05) is 20.0 Å². The molecule has 0 fully saturated rings. The molecule has 1 aromatic carbocycles. The van der Waals surface area contributed by atoms with E-state index in [1.54, 1.807) is 6.07 Å². The Morgan fingerprint density at radius 2 is 1.83 bits per heavy atom. The number of ether oxygens (including phenoxy) is 2. The van der Waals surface area contributed by atoms with Crippen LogP contribution in [0.2, 0.25) is 0 Å². The second-order valence-corrected chi connectivity index (χ2v) is 6.32. The van der Waals surface area contributed by atoms with Gasteiger partial charge in [-0.1, -0.05) is 15.9 Å². The number of anilines is 1. The molecular formula is C15H11Br2N3O4. The third-order valence-electron chi connectivity index (χ3n) is 3.22. The number of carbonyl (C=O) groups is 2. The van der Waals surface area contributed by atoms with E-state index >= 15 is 0 Å². The molecule has 1 heterocycles. The minimum absolute atomic E-state index is 0.0324. The van der Waals surface area contributed by atoms with Crippen LogP contribution < -0.4 is 5.73 Å². The summed E-state index contributed by atoms with van der Waals surface area (Å²) >= 11 is 6.65. The van der Waals surface area contributed by atoms with Crippen LogP contribution in [0.15, 0.2) is 27.3 Å². The summed E-state index contributed by atoms with van der Waals surface area (Å²) in [4.78, 5) is 24.2. The number of hydrogen-bond donors (Lipinski definition) is 1. The molecule has 0 radical (unpaired) electrons. The average Bonchev–Trinajstić information content (AvgIpc) is 2.88. The van der Waals surface area contributed by atoms with Gasteiger partial charge in [0.05, 0.1) is 36.7 Å². The van der Waals surface area contributed by atoms with E-state index in [0.29, 0.717) is 14.6 Å². The lowest BCUT2D eigenvalue weighted by atomic mass is 10.1. The second kappa shape index (κ2) is 7.07. The summed E-state index contributed by atoms with van der Waals surface area (Å²) in [5.41, 5.74) is 6.35. The summed E-state index contributed by atoms with van der Waals surface area (Å²) in [6, 6.07) is 5.13. The van der Waals surface area contributed by atoms with Gasteiger partial charge in [0.1, 0.15) is 6.07 Å². The Balaban J connectivity index is 2.90. The number of nitrogens with zero attached hydrogens (tertiary/aromatic N) is 2. The fraction of sp³-hybridized carbons (Fsp3) is 0.133. The minimum atomic E-state index is -0.736. The molecule has 2 N–H and O–H groups in total. The van der Waals surface area contributed by atoms with Crippen molar-refractivity contribution in [1.29, 1.82) is 5.26 Å². The van der Waals surface area contributed by atoms with Gasteiger partial charge in [0.2, 0.25) is 0 Å². The number of esters is 2. The number of nitrogens with two attached hydrogens (primary N) is 1. The molecule has 2 aromatic rings. The number of nitrogen functional groups attached to an aromatic ring is 1. The third kappa shape index (κ3) is 3.02. The van der Waals surface area contributed by atoms with Gasteiger partial charge in [-0.3, -0.25) is 0 Å². The van der Waals surface area contributed by atoms with Gasteiger partial charge in [0.25, 0.3) is 0 Å². The van der Waals surface area contributed by atoms with Gasteiger partial charge >= 0.3 is 11.9 Å². The SMILES string of the molecule is COC(=O)c1cc(Br)cc(Br)c1-n1cc(C#N)c(N)c1C(=O)OC. The largest absolute Gasteiger partial charge is 0.465 e. The molecule has 7 nitrogen and oxygen atoms in total. The Morgan fingerprint density at radius 1 is 1.21 bits per heavy atom. The van der Waals surface area contributed by atoms with Crippen LogP contribution in [0.25, 0.3) is 5.69 Å². The summed E-state index contributed by atoms with van der Waals surface area (Å²) in [5.74, 6) is -1.35. The number of rotatable bonds is 3. The molecule has 0 saturated heterocycles. The van der Waals surface area contributed by atoms with Gasteiger partial charge in [-0.05, 0) is 28.1 Å². The smallest absolute Gasteiger partial charge is 0.357 e. The van der Waals surface area contributed by atoms with Crippen LogP contribution >= 0.6 is 31.9 Å². The summed E-state index contributed by atoms with van der Waals surface area (Å²) in [6.07, 6.45) is 1.36. The molecule has 0 atom stereocenters. The van der Waals surface area contributed by atoms with Crippen molar-refractivity contribution >= 4 is 49.5 Å². The standard InChI is InChI=1S/C15H11Br2N3O4/c1-23-14(21)9-3-8(16)4-10(17)12(9)20-6-7(5-18)11(19)13(20)15(22)24-2/h3-4,6H,19H2,1-2H3. The van der Waals surface area contributed by atoms with Gasteiger partial charge < -0.3 is 19.8 Å². The molecule has 24 heavy (non-hydrogen) atoms. The number of nitriles is 1. The molecule has 124 valence electrons. The van der Waals surface area contributed by atoms with E-state index in [4.69, 9.17) is 15.2 Å². The highest BCUT2D eigenvalue weighted by molar-refractivity contribution is 9.11. The number of hydrogen-bond acceptors (Lipinski definition) is 6. The zero-order valence-corrected chi connectivity index (χ0v) is 15.8. The maximum atomic E-state index is 12.1. The van der Waals surface area contributed by atoms with E-state index in [2.05, 4.69) is 31.9 Å². The number of aromatic nitrogens is 1. The minimum Gasteiger partial charge on any atom is -0.465 e. The van der Waals surface area contributed by atoms with Crippen LogP contribution in [0.3, 0.4) is 0 Å². The summed E-state index contributed by atoms with van der Waals surface area (Å²) in [7, 11) is 2.44. The molecule has 0 saturated carbocycles. The van der Waals surface area contributed by atoms with Crippen LogP contribution in [0.4, 0.5) is 5.69 Å². The van der Waals surface area contributed by atoms with Gasteiger partial charge in [-0.15, -0.1) is 0 Å². The molecule has 9 heteroatoms. The van der Waals surface area contributed by atoms with Gasteiger partial charge in [0, 0.05) is 15.1 Å². The van der Waals surface area contributed by atoms with E-state index in [9.17, 15) is 14.9 Å². The van der Waals surface area contributed by atoms with E-state index in [0.717, 1.165) is 0 Å². The molecular weight excluding hydrogens is 446 g/mol. The Morgan fingerprint density at radius 3 is 2.38 bits per heavy atom. The van der Waals surface area contributed by atoms with Crippen LogP contribution in [0.1, 0.15) is 26.4 Å². The van der Waals surface area contributed by atoms with E-state index in [1.165, 1.54) is 31.0 Å². The Kier molecular flexibility index (Phi) is 5.31. The van der Waals surface area contributed by atoms with E-state index in [1.807, 2.05) is 6.07 Å². The number of carbonyl (C=O) groups excluding carboxylic acids is 2. The average molecular weight is 457 g/mol. The highest BCUT2D eigenvalue weighted by Crippen LogP contribution is 2.34. The molecule has 0 unspecified atom stereocenters. The molecule has 2 rings (SSSR count). The van der Waals surface area contributed by atoms with Crippen LogP contribution in [0.5, 0.6) is 0 Å². The lowest BCUT2D eigenvalue weighted by Gasteiger charge is -2.15. The van der Waals surface area contributed by atoms with Crippen LogP contribution in [-0.4, -0.2) is 30.7 Å². The van der Waals surface area contributed by atoms with Crippen molar-refractivity contribution in [2.45, 2.75) is 0 Å². The zero-order chi connectivity index (χ0) is 18.0. The first-order chi connectivity index (χ1) is 11.3. The number of halogens is 2. The van der Waals surface area contributed by atoms with Crippen molar-refractivity contribution in [3.05, 3.63) is 44.1 Å². The topological polar surface area (TPSA) is 107 Å². The lowest BCUT2D eigenvalue weighted by Crippen LogP contribution is -2.15. The van der Waals surface area contributed by atoms with Gasteiger partial charge in [-0.25, -0.2) is 9.59 Å². The molecule has 0 amide bonds. The monoisotopic (exact) mass is 455 g/mol. The fourth-order valence-corrected chi connectivity index (χ4v) is 3.58. The molecule has 0 aliphatic heterocycles. The first-order valence-electron chi connectivity index (χ1n) is 6.42. The van der Waals surface area contributed by atoms with Crippen molar-refractivity contribution in [3.8, 4) is 11.8 Å². The fourth-order valence-electron chi connectivity index (χ4n) is 2.17. The van der Waals surface area contributed by atoms with Crippen molar-refractivity contribution < 1.29 is 19.1 Å². The summed E-state index contributed by atoms with van der Waals surface area (Å²) in [5, 5.41) is 9.19. The van der Waals surface area contributed by atoms with Crippen LogP contribution in [-0.2, 0) is 9.47 Å². The van der Waals surface area contributed by atoms with Crippen molar-refractivity contribution in [1.82, 2.24) is 4.57 Å². The van der Waals surface area contributed by atoms with E-state index in [-0.39, 0.29) is 22.5 Å². The highest BCUT2D eigenvalue weighted by atomic mass is 79.9. The Bertz CT molecular complexity index is 884. The van der Waals surface area contributed by atoms with E-state index < -0.39 is 11.9 Å². The van der Waals surface area contributed by atoms with Gasteiger partial charge in [-0.2, -0.15) is 5.26 Å². The van der Waals surface area contributed by atoms with Crippen molar-refractivity contribution in [2.24, 2.45) is 0 Å². The molecule has 0 spiro atoms. The van der Waals surface area contributed by atoms with Gasteiger partial charge in [0.15, 0.2) is 5.69 Å². The highest BCUT2D eigenvalue weighted by Gasteiger charge is 2.26. The molecule has 0 bridgehead atoms. The third-order valence-corrected chi connectivity index (χ3v) is 4.28. The van der Waals surface area contributed by atoms with Crippen molar-refractivity contribution in [3.63, 3.8) is 0 Å². The quantitative estimate of drug-likeness (QED) is 0.711. The molecule has 0 aliphatic carbocycles. The molecule has 0 aliphatic rings.